The summed E-state index contributed by atoms with van der Waals surface area (Å²) in [5.74, 6) is 0. The van der Waals surface area contributed by atoms with E-state index in [0.29, 0.717) is 0 Å². The first kappa shape index (κ1) is 14.9. The lowest BCUT2D eigenvalue weighted by molar-refractivity contribution is -0.386. The molecule has 0 saturated carbocycles. The number of likely N-dealkylation sites (N-methyl/N-ethyl adjacent to an activating group) is 1. The van der Waals surface area contributed by atoms with E-state index < -0.39 is 0 Å². The largest absolute Gasteiger partial charge is 0.374 e. The summed E-state index contributed by atoms with van der Waals surface area (Å²) in [7, 11) is 1.97. The highest BCUT2D eigenvalue weighted by Gasteiger charge is 2.24. The third-order valence-electron chi connectivity index (χ3n) is 3.74. The van der Waals surface area contributed by atoms with Crippen LogP contribution in [-0.2, 0) is 4.74 Å². The molecule has 20 heavy (non-hydrogen) atoms. The van der Waals surface area contributed by atoms with Gasteiger partial charge in [0.25, 0.3) is 5.69 Å². The lowest BCUT2D eigenvalue weighted by Gasteiger charge is -2.31. The second-order valence-corrected chi connectivity index (χ2v) is 5.13. The summed E-state index contributed by atoms with van der Waals surface area (Å²) in [6.07, 6.45) is 0.138. The summed E-state index contributed by atoms with van der Waals surface area (Å²) in [5.41, 5.74) is 0.915. The van der Waals surface area contributed by atoms with Crippen molar-refractivity contribution in [1.82, 2.24) is 10.2 Å². The van der Waals surface area contributed by atoms with E-state index in [4.69, 9.17) is 4.74 Å². The van der Waals surface area contributed by atoms with Gasteiger partial charge in [-0.1, -0.05) is 18.2 Å². The molecule has 0 amide bonds. The van der Waals surface area contributed by atoms with Gasteiger partial charge in [-0.2, -0.15) is 0 Å². The first-order chi connectivity index (χ1) is 9.59. The van der Waals surface area contributed by atoms with E-state index >= 15 is 0 Å². The van der Waals surface area contributed by atoms with Crippen molar-refractivity contribution in [3.8, 4) is 0 Å². The molecule has 1 heterocycles. The minimum atomic E-state index is -0.321. The van der Waals surface area contributed by atoms with Crippen LogP contribution in [0.1, 0.15) is 18.5 Å². The number of nitrogens with one attached hydrogen (secondary N) is 1. The Bertz CT molecular complexity index is 461. The highest BCUT2D eigenvalue weighted by Crippen LogP contribution is 2.28. The first-order valence-electron chi connectivity index (χ1n) is 6.85. The molecule has 1 aromatic carbocycles. The van der Waals surface area contributed by atoms with Crippen LogP contribution in [0.5, 0.6) is 0 Å². The Hall–Kier alpha value is -1.50. The molecule has 0 aromatic heterocycles. The molecule has 6 nitrogen and oxygen atoms in total. The fourth-order valence-corrected chi connectivity index (χ4v) is 2.46. The van der Waals surface area contributed by atoms with Crippen LogP contribution in [0.4, 0.5) is 5.69 Å². The monoisotopic (exact) mass is 279 g/mol. The number of ether oxygens (including phenoxy) is 1. The number of morpholine rings is 1. The average Bonchev–Trinajstić information content (AvgIpc) is 2.47. The molecule has 0 spiro atoms. The molecule has 1 aliphatic rings. The molecule has 6 heteroatoms. The van der Waals surface area contributed by atoms with Crippen molar-refractivity contribution in [2.45, 2.75) is 19.1 Å². The van der Waals surface area contributed by atoms with E-state index in [1.54, 1.807) is 12.1 Å². The van der Waals surface area contributed by atoms with E-state index in [1.165, 1.54) is 0 Å². The van der Waals surface area contributed by atoms with Gasteiger partial charge in [-0.25, -0.2) is 0 Å². The minimum Gasteiger partial charge on any atom is -0.374 e. The predicted molar refractivity (Wildman–Crippen MR) is 76.8 cm³/mol. The second-order valence-electron chi connectivity index (χ2n) is 5.13. The number of para-hydroxylation sites is 1. The fourth-order valence-electron chi connectivity index (χ4n) is 2.46. The molecule has 110 valence electrons. The SMILES string of the molecule is CC(c1ccccc1[N+](=O)[O-])N(C)CC1CNCCO1. The molecule has 1 N–H and O–H groups in total. The van der Waals surface area contributed by atoms with Gasteiger partial charge in [0.2, 0.25) is 0 Å². The zero-order valence-corrected chi connectivity index (χ0v) is 11.9. The molecule has 1 fully saturated rings. The van der Waals surface area contributed by atoms with E-state index in [9.17, 15) is 10.1 Å². The molecule has 1 aliphatic heterocycles. The van der Waals surface area contributed by atoms with Crippen LogP contribution in [0.3, 0.4) is 0 Å². The summed E-state index contributed by atoms with van der Waals surface area (Å²) in [6.45, 7) is 5.17. The number of nitrogens with zero attached hydrogens (tertiary/aromatic N) is 2. The van der Waals surface area contributed by atoms with Crippen LogP contribution in [0, 0.1) is 10.1 Å². The number of hydrogen-bond donors (Lipinski definition) is 1. The summed E-state index contributed by atoms with van der Waals surface area (Å²) >= 11 is 0. The van der Waals surface area contributed by atoms with Gasteiger partial charge in [-0.15, -0.1) is 0 Å². The summed E-state index contributed by atoms with van der Waals surface area (Å²) in [4.78, 5) is 12.9. The zero-order valence-electron chi connectivity index (χ0n) is 11.9. The Morgan fingerprint density at radius 2 is 2.30 bits per heavy atom. The third-order valence-corrected chi connectivity index (χ3v) is 3.74. The van der Waals surface area contributed by atoms with Gasteiger partial charge in [0.1, 0.15) is 0 Å². The number of benzene rings is 1. The standard InChI is InChI=1S/C14H21N3O3/c1-11(13-5-3-4-6-14(13)17(18)19)16(2)10-12-9-15-7-8-20-12/h3-6,11-12,15H,7-10H2,1-2H3. The molecule has 2 unspecified atom stereocenters. The minimum absolute atomic E-state index is 0.0258. The Balaban J connectivity index is 2.06. The lowest BCUT2D eigenvalue weighted by atomic mass is 10.0. The Morgan fingerprint density at radius 1 is 1.55 bits per heavy atom. The van der Waals surface area contributed by atoms with Crippen molar-refractivity contribution in [3.63, 3.8) is 0 Å². The molecule has 2 atom stereocenters. The maximum Gasteiger partial charge on any atom is 0.274 e. The van der Waals surface area contributed by atoms with Gasteiger partial charge >= 0.3 is 0 Å². The Kier molecular flexibility index (Phi) is 5.05. The van der Waals surface area contributed by atoms with Gasteiger partial charge in [0.15, 0.2) is 0 Å². The zero-order chi connectivity index (χ0) is 14.5. The number of rotatable bonds is 5. The van der Waals surface area contributed by atoms with Gasteiger partial charge in [0, 0.05) is 37.3 Å². The molecule has 0 aliphatic carbocycles. The van der Waals surface area contributed by atoms with Crippen molar-refractivity contribution in [3.05, 3.63) is 39.9 Å². The highest BCUT2D eigenvalue weighted by molar-refractivity contribution is 5.41. The third kappa shape index (κ3) is 3.53. The van der Waals surface area contributed by atoms with Crippen molar-refractivity contribution < 1.29 is 9.66 Å². The highest BCUT2D eigenvalue weighted by atomic mass is 16.6. The van der Waals surface area contributed by atoms with Crippen LogP contribution in [-0.4, -0.2) is 49.2 Å². The lowest BCUT2D eigenvalue weighted by Crippen LogP contribution is -2.44. The smallest absolute Gasteiger partial charge is 0.274 e. The van der Waals surface area contributed by atoms with Gasteiger partial charge in [0.05, 0.1) is 17.6 Å². The van der Waals surface area contributed by atoms with E-state index in [2.05, 4.69) is 10.2 Å². The summed E-state index contributed by atoms with van der Waals surface area (Å²) < 4.78 is 5.67. The van der Waals surface area contributed by atoms with Crippen LogP contribution in [0.25, 0.3) is 0 Å². The topological polar surface area (TPSA) is 67.6 Å². The number of hydrogen-bond acceptors (Lipinski definition) is 5. The normalized spacial score (nSPS) is 20.9. The number of nitro benzene ring substituents is 1. The van der Waals surface area contributed by atoms with Crippen LogP contribution >= 0.6 is 0 Å². The average molecular weight is 279 g/mol. The van der Waals surface area contributed by atoms with E-state index in [1.807, 2.05) is 26.1 Å². The Labute approximate surface area is 118 Å². The summed E-state index contributed by atoms with van der Waals surface area (Å²) in [5, 5.41) is 14.4. The van der Waals surface area contributed by atoms with E-state index in [0.717, 1.165) is 31.8 Å². The van der Waals surface area contributed by atoms with E-state index in [-0.39, 0.29) is 22.8 Å². The molecule has 0 bridgehead atoms. The molecular formula is C14H21N3O3. The van der Waals surface area contributed by atoms with Crippen molar-refractivity contribution in [2.75, 3.05) is 33.3 Å². The molecular weight excluding hydrogens is 258 g/mol. The van der Waals surface area contributed by atoms with Gasteiger partial charge < -0.3 is 10.1 Å². The summed E-state index contributed by atoms with van der Waals surface area (Å²) in [6, 6.07) is 6.88. The second kappa shape index (κ2) is 6.78. The van der Waals surface area contributed by atoms with Crippen molar-refractivity contribution >= 4 is 5.69 Å². The van der Waals surface area contributed by atoms with Crippen molar-refractivity contribution in [1.29, 1.82) is 0 Å². The molecule has 1 aromatic rings. The first-order valence-corrected chi connectivity index (χ1v) is 6.85. The quantitative estimate of drug-likeness (QED) is 0.654. The molecule has 1 saturated heterocycles. The molecule has 0 radical (unpaired) electrons. The van der Waals surface area contributed by atoms with Gasteiger partial charge in [-0.3, -0.25) is 15.0 Å². The number of nitro groups is 1. The van der Waals surface area contributed by atoms with Crippen LogP contribution in [0.2, 0.25) is 0 Å². The van der Waals surface area contributed by atoms with Crippen LogP contribution < -0.4 is 5.32 Å². The maximum atomic E-state index is 11.1. The van der Waals surface area contributed by atoms with Gasteiger partial charge in [-0.05, 0) is 14.0 Å². The fraction of sp³-hybridized carbons (Fsp3) is 0.571. The predicted octanol–water partition coefficient (Wildman–Crippen LogP) is 1.58. The molecule has 2 rings (SSSR count). The maximum absolute atomic E-state index is 11.1. The van der Waals surface area contributed by atoms with Crippen LogP contribution in [0.15, 0.2) is 24.3 Å². The van der Waals surface area contributed by atoms with Crippen molar-refractivity contribution in [2.24, 2.45) is 0 Å². The Morgan fingerprint density at radius 3 is 2.95 bits per heavy atom.